The number of halogens is 3. The Bertz CT molecular complexity index is 2440. The molecule has 1 spiro atoms. The quantitative estimate of drug-likeness (QED) is 0.149. The molecule has 1 amide bonds. The molecule has 6 heterocycles. The minimum Gasteiger partial charge on any atom is -0.461 e. The lowest BCUT2D eigenvalue weighted by Crippen LogP contribution is -2.64. The van der Waals surface area contributed by atoms with Crippen LogP contribution in [0.4, 0.5) is 30.1 Å². The first kappa shape index (κ1) is 36.6. The fourth-order valence-electron chi connectivity index (χ4n) is 9.07. The fraction of sp³-hybridized carbons (Fsp3) is 0.385. The average Bonchev–Trinajstić information content (AvgIpc) is 3.97. The lowest BCUT2D eigenvalue weighted by atomic mass is 9.84. The van der Waals surface area contributed by atoms with E-state index in [0.717, 1.165) is 56.5 Å². The van der Waals surface area contributed by atoms with E-state index in [2.05, 4.69) is 9.88 Å². The number of fused-ring (bicyclic) bond motifs is 3. The summed E-state index contributed by atoms with van der Waals surface area (Å²) in [4.78, 5) is 34.0. The van der Waals surface area contributed by atoms with Gasteiger partial charge < -0.3 is 25.0 Å². The third-order valence-electron chi connectivity index (χ3n) is 12.0. The smallest absolute Gasteiger partial charge is 0.415 e. The molecule has 4 fully saturated rings. The van der Waals surface area contributed by atoms with Crippen LogP contribution < -0.4 is 25.3 Å². The van der Waals surface area contributed by atoms with E-state index in [9.17, 15) is 15.3 Å². The van der Waals surface area contributed by atoms with E-state index in [1.54, 1.807) is 35.2 Å². The number of benzene rings is 3. The summed E-state index contributed by atoms with van der Waals surface area (Å²) < 4.78 is 44.5. The van der Waals surface area contributed by atoms with Crippen LogP contribution in [0, 0.1) is 23.0 Å². The van der Waals surface area contributed by atoms with Crippen LogP contribution in [0.3, 0.4) is 0 Å². The first-order valence-electron chi connectivity index (χ1n) is 18.4. The highest BCUT2D eigenvalue weighted by atomic mass is 35.5. The molecule has 13 nitrogen and oxygen atoms in total. The number of nitrogens with two attached hydrogens (primary N) is 1. The van der Waals surface area contributed by atoms with Gasteiger partial charge in [-0.25, -0.2) is 13.6 Å². The van der Waals surface area contributed by atoms with Crippen molar-refractivity contribution in [2.75, 3.05) is 62.3 Å². The Labute approximate surface area is 329 Å². The Balaban J connectivity index is 1.08. The second-order valence-electron chi connectivity index (χ2n) is 14.8. The molecule has 0 bridgehead atoms. The van der Waals surface area contributed by atoms with Gasteiger partial charge in [-0.1, -0.05) is 17.7 Å². The van der Waals surface area contributed by atoms with Crippen LogP contribution in [0.15, 0.2) is 42.5 Å². The predicted molar refractivity (Wildman–Crippen MR) is 207 cm³/mol. The first-order chi connectivity index (χ1) is 27.0. The molecular formula is C39H37ClF2N8O5S. The van der Waals surface area contributed by atoms with E-state index in [1.807, 2.05) is 11.0 Å². The first-order valence-corrected chi connectivity index (χ1v) is 19.6. The number of carbonyl (C=O) groups is 1. The van der Waals surface area contributed by atoms with Gasteiger partial charge in [0.15, 0.2) is 5.82 Å². The number of likely N-dealkylation sites (tertiary alicyclic amines) is 1. The molecule has 4 aliphatic heterocycles. The lowest BCUT2D eigenvalue weighted by molar-refractivity contribution is -0.0110. The van der Waals surface area contributed by atoms with Gasteiger partial charge in [0.05, 0.1) is 39.2 Å². The van der Waals surface area contributed by atoms with Crippen LogP contribution in [-0.4, -0.2) is 88.6 Å². The van der Waals surface area contributed by atoms with Crippen molar-refractivity contribution in [1.29, 1.82) is 5.26 Å². The molecule has 1 unspecified atom stereocenters. The Kier molecular flexibility index (Phi) is 9.05. The third kappa shape index (κ3) is 5.83. The molecule has 17 heteroatoms. The van der Waals surface area contributed by atoms with Crippen molar-refractivity contribution in [3.63, 3.8) is 0 Å². The molecule has 0 radical (unpaired) electrons. The largest absolute Gasteiger partial charge is 0.461 e. The maximum atomic E-state index is 17.2. The van der Waals surface area contributed by atoms with Crippen molar-refractivity contribution < 1.29 is 33.1 Å². The van der Waals surface area contributed by atoms with Gasteiger partial charge in [0, 0.05) is 36.0 Å². The summed E-state index contributed by atoms with van der Waals surface area (Å²) in [5.41, 5.74) is 5.97. The van der Waals surface area contributed by atoms with Crippen LogP contribution >= 0.6 is 22.9 Å². The molecule has 3 N–H and O–H groups in total. The summed E-state index contributed by atoms with van der Waals surface area (Å²) in [6, 6.07) is 12.5. The number of hydrogen-bond donors (Lipinski definition) is 2. The maximum absolute atomic E-state index is 17.2. The predicted octanol–water partition coefficient (Wildman–Crippen LogP) is 7.51. The molecular weight excluding hydrogens is 766 g/mol. The number of thiophene rings is 1. The molecule has 3 aromatic carbocycles. The van der Waals surface area contributed by atoms with Gasteiger partial charge in [-0.2, -0.15) is 15.2 Å². The average molecular weight is 803 g/mol. The topological polar surface area (TPSA) is 154 Å². The van der Waals surface area contributed by atoms with Crippen molar-refractivity contribution in [2.45, 2.75) is 49.6 Å². The van der Waals surface area contributed by atoms with Gasteiger partial charge in [0.2, 0.25) is 0 Å². The Hall–Kier alpha value is -5.05. The van der Waals surface area contributed by atoms with Crippen molar-refractivity contribution in [1.82, 2.24) is 19.8 Å². The van der Waals surface area contributed by atoms with Crippen molar-refractivity contribution in [2.24, 2.45) is 0 Å². The number of anilines is 3. The van der Waals surface area contributed by atoms with Crippen LogP contribution in [0.2, 0.25) is 5.02 Å². The van der Waals surface area contributed by atoms with Gasteiger partial charge in [-0.3, -0.25) is 14.9 Å². The highest BCUT2D eigenvalue weighted by molar-refractivity contribution is 7.23. The fourth-order valence-corrected chi connectivity index (χ4v) is 10.3. The highest BCUT2D eigenvalue weighted by Gasteiger charge is 2.53. The molecule has 2 aromatic heterocycles. The zero-order chi connectivity index (χ0) is 38.9. The Morgan fingerprint density at radius 1 is 1.09 bits per heavy atom. The standard InChI is InChI=1S/C39H37ClF2N8O5S/c1-53-50(52)22-4-6-23(7-5-22)55-37(51)49-17-13-38(49)12-16-47(20-38)35-25-18-27(40)30(24-8-9-28(41)33-29(24)26(19-43)34(44)56-33)31(42)32(25)45-36(46-35)54-21-39-10-2-14-48(39)15-3-11-39/h4-9,18,52H,2-3,10-17,20-21,44H2,1H3. The number of nitrogens with zero attached hydrogens (tertiary/aromatic N) is 7. The van der Waals surface area contributed by atoms with E-state index < -0.39 is 23.3 Å². The molecule has 4 saturated heterocycles. The summed E-state index contributed by atoms with van der Waals surface area (Å²) in [6.45, 7) is 3.72. The minimum atomic E-state index is -0.771. The second-order valence-corrected chi connectivity index (χ2v) is 16.3. The van der Waals surface area contributed by atoms with Crippen molar-refractivity contribution >= 4 is 66.5 Å². The van der Waals surface area contributed by atoms with Crippen LogP contribution in [-0.2, 0) is 4.84 Å². The number of nitrogen functional groups attached to an aromatic ring is 1. The Morgan fingerprint density at radius 2 is 1.84 bits per heavy atom. The summed E-state index contributed by atoms with van der Waals surface area (Å²) >= 11 is 7.85. The van der Waals surface area contributed by atoms with Gasteiger partial charge in [0.25, 0.3) is 0 Å². The van der Waals surface area contributed by atoms with Crippen LogP contribution in [0.1, 0.15) is 44.1 Å². The maximum Gasteiger partial charge on any atom is 0.415 e. The number of rotatable bonds is 8. The molecule has 0 saturated carbocycles. The lowest BCUT2D eigenvalue weighted by Gasteiger charge is -2.49. The van der Waals surface area contributed by atoms with Gasteiger partial charge in [-0.05, 0) is 93.6 Å². The van der Waals surface area contributed by atoms with E-state index in [0.29, 0.717) is 60.5 Å². The van der Waals surface area contributed by atoms with Gasteiger partial charge in [0.1, 0.15) is 40.6 Å². The molecule has 9 rings (SSSR count). The summed E-state index contributed by atoms with van der Waals surface area (Å²) in [7, 11) is 1.32. The summed E-state index contributed by atoms with van der Waals surface area (Å²) in [5.74, 6) is -0.641. The molecule has 56 heavy (non-hydrogen) atoms. The van der Waals surface area contributed by atoms with E-state index in [4.69, 9.17) is 36.6 Å². The second kappa shape index (κ2) is 13.9. The number of amides is 1. The number of aromatic nitrogens is 2. The van der Waals surface area contributed by atoms with Crippen molar-refractivity contribution in [3.8, 4) is 29.0 Å². The molecule has 290 valence electrons. The van der Waals surface area contributed by atoms with Gasteiger partial charge >= 0.3 is 12.1 Å². The normalized spacial score (nSPS) is 20.1. The highest BCUT2D eigenvalue weighted by Crippen LogP contribution is 2.48. The van der Waals surface area contributed by atoms with Gasteiger partial charge in [-0.15, -0.1) is 16.6 Å². The zero-order valence-corrected chi connectivity index (χ0v) is 31.9. The monoisotopic (exact) mass is 802 g/mol. The van der Waals surface area contributed by atoms with E-state index >= 15 is 8.78 Å². The Morgan fingerprint density at radius 3 is 2.54 bits per heavy atom. The van der Waals surface area contributed by atoms with E-state index in [-0.39, 0.29) is 53.9 Å². The molecule has 0 aliphatic carbocycles. The van der Waals surface area contributed by atoms with Crippen molar-refractivity contribution in [3.05, 3.63) is 64.7 Å². The molecule has 5 aromatic rings. The number of carbonyl (C=O) groups excluding carboxylic acids is 1. The molecule has 1 atom stereocenters. The van der Waals surface area contributed by atoms with E-state index in [1.165, 1.54) is 19.2 Å². The zero-order valence-electron chi connectivity index (χ0n) is 30.4. The third-order valence-corrected chi connectivity index (χ3v) is 13.3. The summed E-state index contributed by atoms with van der Waals surface area (Å²) in [5, 5.41) is 21.0. The number of hydrogen-bond acceptors (Lipinski definition) is 13. The van der Waals surface area contributed by atoms with Crippen LogP contribution in [0.5, 0.6) is 11.8 Å². The minimum absolute atomic E-state index is 0.0127. The summed E-state index contributed by atoms with van der Waals surface area (Å²) in [6.07, 6.45) is 4.94. The molecule has 4 aliphatic rings. The number of nitriles is 1. The SMILES string of the molecule is CON(O)c1ccc(OC(=O)N2CCC23CCN(c2nc(OCC45CCCN4CCC5)nc4c(F)c(-c5ccc(F)c6sc(N)c(C#N)c56)c(Cl)cc24)C3)cc1. The number of ether oxygens (including phenoxy) is 2. The van der Waals surface area contributed by atoms with Crippen LogP contribution in [0.25, 0.3) is 32.1 Å².